The van der Waals surface area contributed by atoms with Gasteiger partial charge < -0.3 is 9.64 Å². The minimum Gasteiger partial charge on any atom is -0.454 e. The Hall–Kier alpha value is -2.04. The first-order valence-corrected chi connectivity index (χ1v) is 9.75. The Morgan fingerprint density at radius 1 is 1.04 bits per heavy atom. The summed E-state index contributed by atoms with van der Waals surface area (Å²) in [6.45, 7) is 7.54. The van der Waals surface area contributed by atoms with E-state index in [1.54, 1.807) is 0 Å². The van der Waals surface area contributed by atoms with Crippen molar-refractivity contribution in [3.05, 3.63) is 53.1 Å². The number of piperazine rings is 1. The predicted molar refractivity (Wildman–Crippen MR) is 107 cm³/mol. The molecular weight excluding hydrogens is 346 g/mol. The molecule has 26 heavy (non-hydrogen) atoms. The van der Waals surface area contributed by atoms with Crippen molar-refractivity contribution in [3.8, 4) is 11.5 Å². The van der Waals surface area contributed by atoms with Crippen molar-refractivity contribution in [1.29, 1.82) is 0 Å². The lowest BCUT2D eigenvalue weighted by atomic mass is 10.1. The molecule has 2 aliphatic rings. The van der Waals surface area contributed by atoms with Gasteiger partial charge in [-0.2, -0.15) is 0 Å². The normalized spacial score (nSPS) is 17.0. The molecule has 2 aromatic rings. The highest BCUT2D eigenvalue weighted by Crippen LogP contribution is 2.39. The van der Waals surface area contributed by atoms with Gasteiger partial charge in [-0.3, -0.25) is 4.90 Å². The van der Waals surface area contributed by atoms with E-state index in [1.807, 2.05) is 36.4 Å². The number of hydrogen-bond acceptors (Lipinski definition) is 4. The maximum absolute atomic E-state index is 6.20. The van der Waals surface area contributed by atoms with E-state index < -0.39 is 0 Å². The van der Waals surface area contributed by atoms with E-state index in [0.29, 0.717) is 5.02 Å². The van der Waals surface area contributed by atoms with Gasteiger partial charge >= 0.3 is 0 Å². The van der Waals surface area contributed by atoms with E-state index in [-0.39, 0.29) is 0 Å². The average Bonchev–Trinajstić information content (AvgIpc) is 2.83. The summed E-state index contributed by atoms with van der Waals surface area (Å²) in [5, 5.41) is 0.672. The maximum atomic E-state index is 6.20. The van der Waals surface area contributed by atoms with Gasteiger partial charge in [0.15, 0.2) is 5.75 Å². The Morgan fingerprint density at radius 3 is 2.65 bits per heavy atom. The number of hydrogen-bond donors (Lipinski definition) is 0. The average molecular weight is 370 g/mol. The van der Waals surface area contributed by atoms with Gasteiger partial charge in [0.2, 0.25) is 0 Å². The van der Waals surface area contributed by atoms with Crippen LogP contribution in [0.15, 0.2) is 47.5 Å². The van der Waals surface area contributed by atoms with Crippen LogP contribution in [-0.2, 0) is 0 Å². The molecule has 2 aliphatic heterocycles. The SMILES string of the molecule is CCCCN1CCN(C2=Nc3cc(Cl)ccc3Oc3ccccc32)CC1. The largest absolute Gasteiger partial charge is 0.454 e. The predicted octanol–water partition coefficient (Wildman–Crippen LogP) is 4.94. The van der Waals surface area contributed by atoms with Crippen LogP contribution in [0.25, 0.3) is 0 Å². The minimum atomic E-state index is 0.672. The molecule has 2 aromatic carbocycles. The van der Waals surface area contributed by atoms with Crippen molar-refractivity contribution in [2.45, 2.75) is 19.8 Å². The Bertz CT molecular complexity index is 813. The molecule has 0 spiro atoms. The first-order chi connectivity index (χ1) is 12.7. The molecule has 1 fully saturated rings. The van der Waals surface area contributed by atoms with E-state index in [4.69, 9.17) is 21.3 Å². The number of benzene rings is 2. The summed E-state index contributed by atoms with van der Waals surface area (Å²) in [5.74, 6) is 2.58. The van der Waals surface area contributed by atoms with Crippen LogP contribution in [-0.4, -0.2) is 48.4 Å². The highest BCUT2D eigenvalue weighted by molar-refractivity contribution is 6.31. The number of fused-ring (bicyclic) bond motifs is 2. The molecule has 0 radical (unpaired) electrons. The lowest BCUT2D eigenvalue weighted by molar-refractivity contribution is 0.180. The zero-order valence-corrected chi connectivity index (χ0v) is 15.9. The van der Waals surface area contributed by atoms with Gasteiger partial charge in [0.05, 0.1) is 5.56 Å². The van der Waals surface area contributed by atoms with Gasteiger partial charge in [-0.15, -0.1) is 0 Å². The third-order valence-corrected chi connectivity index (χ3v) is 5.23. The van der Waals surface area contributed by atoms with Gasteiger partial charge in [0, 0.05) is 31.2 Å². The van der Waals surface area contributed by atoms with Crippen LogP contribution in [0, 0.1) is 0 Å². The summed E-state index contributed by atoms with van der Waals surface area (Å²) in [5.41, 5.74) is 1.83. The summed E-state index contributed by atoms with van der Waals surface area (Å²) in [6, 6.07) is 13.7. The van der Waals surface area contributed by atoms with Crippen molar-refractivity contribution in [2.75, 3.05) is 32.7 Å². The second kappa shape index (κ2) is 7.68. The molecule has 0 saturated carbocycles. The van der Waals surface area contributed by atoms with E-state index >= 15 is 0 Å². The monoisotopic (exact) mass is 369 g/mol. The van der Waals surface area contributed by atoms with Crippen LogP contribution in [0.2, 0.25) is 5.02 Å². The van der Waals surface area contributed by atoms with Crippen LogP contribution >= 0.6 is 11.6 Å². The Morgan fingerprint density at radius 2 is 1.85 bits per heavy atom. The van der Waals surface area contributed by atoms with Gasteiger partial charge in [0.25, 0.3) is 0 Å². The topological polar surface area (TPSA) is 28.1 Å². The standard InChI is InChI=1S/C21H24ClN3O/c1-2-3-10-24-11-13-25(14-12-24)21-17-6-4-5-7-19(17)26-20-9-8-16(22)15-18(20)23-21/h4-9,15H,2-3,10-14H2,1H3. The van der Waals surface area contributed by atoms with Crippen LogP contribution < -0.4 is 4.74 Å². The van der Waals surface area contributed by atoms with Gasteiger partial charge in [-0.25, -0.2) is 4.99 Å². The minimum absolute atomic E-state index is 0.672. The van der Waals surface area contributed by atoms with Gasteiger partial charge in [0.1, 0.15) is 17.3 Å². The zero-order valence-electron chi connectivity index (χ0n) is 15.1. The molecule has 136 valence electrons. The molecule has 2 heterocycles. The molecular formula is C21H24ClN3O. The van der Waals surface area contributed by atoms with E-state index in [0.717, 1.165) is 54.8 Å². The fourth-order valence-corrected chi connectivity index (χ4v) is 3.67. The highest BCUT2D eigenvalue weighted by Gasteiger charge is 2.25. The smallest absolute Gasteiger partial charge is 0.153 e. The number of aliphatic imine (C=N–C) groups is 1. The van der Waals surface area contributed by atoms with E-state index in [1.165, 1.54) is 19.4 Å². The van der Waals surface area contributed by atoms with Crippen molar-refractivity contribution in [2.24, 2.45) is 4.99 Å². The summed E-state index contributed by atoms with van der Waals surface area (Å²) in [7, 11) is 0. The fourth-order valence-electron chi connectivity index (χ4n) is 3.50. The molecule has 0 bridgehead atoms. The van der Waals surface area contributed by atoms with Gasteiger partial charge in [-0.1, -0.05) is 37.1 Å². The first-order valence-electron chi connectivity index (χ1n) is 9.37. The first kappa shape index (κ1) is 17.4. The van der Waals surface area contributed by atoms with Crippen molar-refractivity contribution in [3.63, 3.8) is 0 Å². The summed E-state index contributed by atoms with van der Waals surface area (Å²) in [6.07, 6.45) is 2.51. The summed E-state index contributed by atoms with van der Waals surface area (Å²) < 4.78 is 6.14. The number of para-hydroxylation sites is 1. The van der Waals surface area contributed by atoms with Crippen LogP contribution in [0.5, 0.6) is 11.5 Å². The number of amidine groups is 1. The number of nitrogens with zero attached hydrogens (tertiary/aromatic N) is 3. The summed E-state index contributed by atoms with van der Waals surface area (Å²) in [4.78, 5) is 9.89. The quantitative estimate of drug-likeness (QED) is 0.766. The number of halogens is 1. The van der Waals surface area contributed by atoms with Crippen molar-refractivity contribution in [1.82, 2.24) is 9.80 Å². The molecule has 0 N–H and O–H groups in total. The number of unbranched alkanes of at least 4 members (excludes halogenated alkanes) is 1. The second-order valence-corrected chi connectivity index (χ2v) is 7.26. The maximum Gasteiger partial charge on any atom is 0.153 e. The Balaban J connectivity index is 1.65. The molecule has 5 heteroatoms. The van der Waals surface area contributed by atoms with Crippen molar-refractivity contribution >= 4 is 23.1 Å². The molecule has 0 unspecified atom stereocenters. The molecule has 1 saturated heterocycles. The molecule has 4 nitrogen and oxygen atoms in total. The van der Waals surface area contributed by atoms with E-state index in [9.17, 15) is 0 Å². The third-order valence-electron chi connectivity index (χ3n) is 4.99. The van der Waals surface area contributed by atoms with Crippen molar-refractivity contribution < 1.29 is 4.74 Å². The lowest BCUT2D eigenvalue weighted by Crippen LogP contribution is -2.49. The molecule has 0 aliphatic carbocycles. The Kier molecular flexibility index (Phi) is 5.14. The van der Waals surface area contributed by atoms with Crippen LogP contribution in [0.3, 0.4) is 0 Å². The van der Waals surface area contributed by atoms with E-state index in [2.05, 4.69) is 22.8 Å². The van der Waals surface area contributed by atoms with Crippen LogP contribution in [0.1, 0.15) is 25.3 Å². The number of rotatable bonds is 3. The molecule has 0 atom stereocenters. The fraction of sp³-hybridized carbons (Fsp3) is 0.381. The summed E-state index contributed by atoms with van der Waals surface area (Å²) >= 11 is 6.20. The molecule has 4 rings (SSSR count). The number of ether oxygens (including phenoxy) is 1. The second-order valence-electron chi connectivity index (χ2n) is 6.83. The van der Waals surface area contributed by atoms with Gasteiger partial charge in [-0.05, 0) is 43.3 Å². The Labute approximate surface area is 160 Å². The lowest BCUT2D eigenvalue weighted by Gasteiger charge is -2.36. The highest BCUT2D eigenvalue weighted by atomic mass is 35.5. The zero-order chi connectivity index (χ0) is 17.9. The molecule has 0 aromatic heterocycles. The van der Waals surface area contributed by atoms with Crippen LogP contribution in [0.4, 0.5) is 5.69 Å². The molecule has 0 amide bonds. The third kappa shape index (κ3) is 3.57.